The predicted octanol–water partition coefficient (Wildman–Crippen LogP) is 3.57. The van der Waals surface area contributed by atoms with Gasteiger partial charge in [0.15, 0.2) is 0 Å². The standard InChI is InChI=1S/C15H21NO/c1-3-4-12(2)10-16-8-7-14-9-13(11-17)5-6-15(14)16/h5-9,12,17H,3-4,10-11H2,1-2H3. The number of aliphatic hydroxyl groups excluding tert-OH is 1. The molecule has 1 aromatic carbocycles. The molecule has 2 rings (SSSR count). The van der Waals surface area contributed by atoms with Crippen molar-refractivity contribution in [1.82, 2.24) is 4.57 Å². The van der Waals surface area contributed by atoms with Gasteiger partial charge in [0.25, 0.3) is 0 Å². The van der Waals surface area contributed by atoms with E-state index >= 15 is 0 Å². The average molecular weight is 231 g/mol. The molecular formula is C15H21NO. The minimum Gasteiger partial charge on any atom is -0.392 e. The second-order valence-electron chi connectivity index (χ2n) is 4.91. The number of aliphatic hydroxyl groups is 1. The molecule has 0 spiro atoms. The number of fused-ring (bicyclic) bond motifs is 1. The summed E-state index contributed by atoms with van der Waals surface area (Å²) in [5.74, 6) is 0.716. The zero-order valence-corrected chi connectivity index (χ0v) is 10.7. The number of nitrogens with zero attached hydrogens (tertiary/aromatic N) is 1. The van der Waals surface area contributed by atoms with Gasteiger partial charge in [0.2, 0.25) is 0 Å². The van der Waals surface area contributed by atoms with Gasteiger partial charge in [-0.15, -0.1) is 0 Å². The number of hydrogen-bond acceptors (Lipinski definition) is 1. The van der Waals surface area contributed by atoms with Gasteiger partial charge in [-0.2, -0.15) is 0 Å². The highest BCUT2D eigenvalue weighted by molar-refractivity contribution is 5.80. The lowest BCUT2D eigenvalue weighted by Gasteiger charge is -2.12. The van der Waals surface area contributed by atoms with Crippen LogP contribution in [0, 0.1) is 5.92 Å². The maximum absolute atomic E-state index is 9.11. The molecule has 0 bridgehead atoms. The molecule has 0 aliphatic carbocycles. The lowest BCUT2D eigenvalue weighted by atomic mass is 10.1. The van der Waals surface area contributed by atoms with Crippen LogP contribution in [-0.2, 0) is 13.2 Å². The van der Waals surface area contributed by atoms with Crippen molar-refractivity contribution in [3.8, 4) is 0 Å². The van der Waals surface area contributed by atoms with E-state index in [4.69, 9.17) is 5.11 Å². The first-order valence-electron chi connectivity index (χ1n) is 6.43. The van der Waals surface area contributed by atoms with Gasteiger partial charge in [0, 0.05) is 18.3 Å². The molecule has 2 nitrogen and oxygen atoms in total. The lowest BCUT2D eigenvalue weighted by molar-refractivity contribution is 0.282. The van der Waals surface area contributed by atoms with Gasteiger partial charge in [0.1, 0.15) is 0 Å². The summed E-state index contributed by atoms with van der Waals surface area (Å²) in [5.41, 5.74) is 2.25. The van der Waals surface area contributed by atoms with Gasteiger partial charge in [-0.3, -0.25) is 0 Å². The van der Waals surface area contributed by atoms with E-state index in [2.05, 4.69) is 42.8 Å². The fraction of sp³-hybridized carbons (Fsp3) is 0.467. The van der Waals surface area contributed by atoms with E-state index in [-0.39, 0.29) is 6.61 Å². The van der Waals surface area contributed by atoms with Crippen LogP contribution in [-0.4, -0.2) is 9.67 Å². The molecule has 17 heavy (non-hydrogen) atoms. The Labute approximate surface area is 103 Å². The fourth-order valence-electron chi connectivity index (χ4n) is 2.43. The summed E-state index contributed by atoms with van der Waals surface area (Å²) >= 11 is 0. The number of aromatic nitrogens is 1. The third kappa shape index (κ3) is 2.70. The maximum Gasteiger partial charge on any atom is 0.0682 e. The van der Waals surface area contributed by atoms with Crippen LogP contribution in [0.25, 0.3) is 10.9 Å². The number of rotatable bonds is 5. The topological polar surface area (TPSA) is 25.2 Å². The van der Waals surface area contributed by atoms with Gasteiger partial charge >= 0.3 is 0 Å². The van der Waals surface area contributed by atoms with Crippen LogP contribution in [0.4, 0.5) is 0 Å². The van der Waals surface area contributed by atoms with E-state index < -0.39 is 0 Å². The molecular weight excluding hydrogens is 210 g/mol. The second-order valence-corrected chi connectivity index (χ2v) is 4.91. The molecule has 1 N–H and O–H groups in total. The van der Waals surface area contributed by atoms with Crippen molar-refractivity contribution in [2.45, 2.75) is 39.8 Å². The van der Waals surface area contributed by atoms with E-state index in [1.165, 1.54) is 23.7 Å². The minimum absolute atomic E-state index is 0.118. The molecule has 2 heteroatoms. The van der Waals surface area contributed by atoms with Crippen molar-refractivity contribution in [1.29, 1.82) is 0 Å². The normalized spacial score (nSPS) is 13.1. The van der Waals surface area contributed by atoms with Crippen molar-refractivity contribution < 1.29 is 5.11 Å². The van der Waals surface area contributed by atoms with Crippen molar-refractivity contribution >= 4 is 10.9 Å². The van der Waals surface area contributed by atoms with E-state index in [1.807, 2.05) is 6.07 Å². The first kappa shape index (κ1) is 12.2. The van der Waals surface area contributed by atoms with Crippen LogP contribution in [0.1, 0.15) is 32.3 Å². The summed E-state index contributed by atoms with van der Waals surface area (Å²) in [6.45, 7) is 5.73. The Balaban J connectivity index is 2.24. The highest BCUT2D eigenvalue weighted by Crippen LogP contribution is 2.20. The lowest BCUT2D eigenvalue weighted by Crippen LogP contribution is -2.06. The van der Waals surface area contributed by atoms with Gasteiger partial charge in [0.05, 0.1) is 6.61 Å². The zero-order chi connectivity index (χ0) is 12.3. The van der Waals surface area contributed by atoms with Gasteiger partial charge < -0.3 is 9.67 Å². The predicted molar refractivity (Wildman–Crippen MR) is 71.9 cm³/mol. The van der Waals surface area contributed by atoms with Crippen molar-refractivity contribution in [2.75, 3.05) is 0 Å². The SMILES string of the molecule is CCCC(C)Cn1ccc2cc(CO)ccc21. The third-order valence-electron chi connectivity index (χ3n) is 3.31. The molecule has 1 aromatic heterocycles. The van der Waals surface area contributed by atoms with Crippen molar-refractivity contribution in [2.24, 2.45) is 5.92 Å². The average Bonchev–Trinajstić information content (AvgIpc) is 2.72. The molecule has 0 radical (unpaired) electrons. The van der Waals surface area contributed by atoms with E-state index in [0.717, 1.165) is 12.1 Å². The van der Waals surface area contributed by atoms with Crippen molar-refractivity contribution in [3.63, 3.8) is 0 Å². The molecule has 0 aliphatic rings. The van der Waals surface area contributed by atoms with Crippen LogP contribution in [0.5, 0.6) is 0 Å². The molecule has 2 aromatic rings. The summed E-state index contributed by atoms with van der Waals surface area (Å²) < 4.78 is 2.32. The molecule has 1 unspecified atom stereocenters. The third-order valence-corrected chi connectivity index (χ3v) is 3.31. The van der Waals surface area contributed by atoms with E-state index in [1.54, 1.807) is 0 Å². The molecule has 92 valence electrons. The highest BCUT2D eigenvalue weighted by atomic mass is 16.3. The second kappa shape index (κ2) is 5.37. The number of hydrogen-bond donors (Lipinski definition) is 1. The molecule has 0 saturated carbocycles. The quantitative estimate of drug-likeness (QED) is 0.836. The first-order valence-corrected chi connectivity index (χ1v) is 6.43. The molecule has 0 amide bonds. The summed E-state index contributed by atoms with van der Waals surface area (Å²) in [7, 11) is 0. The number of benzene rings is 1. The zero-order valence-electron chi connectivity index (χ0n) is 10.7. The Morgan fingerprint density at radius 2 is 2.12 bits per heavy atom. The van der Waals surface area contributed by atoms with Crippen LogP contribution >= 0.6 is 0 Å². The molecule has 1 atom stereocenters. The van der Waals surface area contributed by atoms with Crippen molar-refractivity contribution in [3.05, 3.63) is 36.0 Å². The minimum atomic E-state index is 0.118. The molecule has 0 fully saturated rings. The maximum atomic E-state index is 9.11. The Bertz CT molecular complexity index is 487. The monoisotopic (exact) mass is 231 g/mol. The van der Waals surface area contributed by atoms with Crippen LogP contribution in [0.3, 0.4) is 0 Å². The van der Waals surface area contributed by atoms with Gasteiger partial charge in [-0.05, 0) is 41.5 Å². The van der Waals surface area contributed by atoms with E-state index in [0.29, 0.717) is 5.92 Å². The summed E-state index contributed by atoms with van der Waals surface area (Å²) in [4.78, 5) is 0. The van der Waals surface area contributed by atoms with Gasteiger partial charge in [-0.25, -0.2) is 0 Å². The largest absolute Gasteiger partial charge is 0.392 e. The Hall–Kier alpha value is -1.28. The Morgan fingerprint density at radius 1 is 1.29 bits per heavy atom. The highest BCUT2D eigenvalue weighted by Gasteiger charge is 2.06. The van der Waals surface area contributed by atoms with Crippen LogP contribution in [0.2, 0.25) is 0 Å². The van der Waals surface area contributed by atoms with Crippen LogP contribution < -0.4 is 0 Å². The van der Waals surface area contributed by atoms with Crippen LogP contribution in [0.15, 0.2) is 30.5 Å². The first-order chi connectivity index (χ1) is 8.24. The fourth-order valence-corrected chi connectivity index (χ4v) is 2.43. The van der Waals surface area contributed by atoms with Gasteiger partial charge in [-0.1, -0.05) is 26.3 Å². The summed E-state index contributed by atoms with van der Waals surface area (Å²) in [6, 6.07) is 8.31. The Morgan fingerprint density at radius 3 is 2.82 bits per heavy atom. The summed E-state index contributed by atoms with van der Waals surface area (Å²) in [5, 5.41) is 10.3. The van der Waals surface area contributed by atoms with E-state index in [9.17, 15) is 0 Å². The molecule has 1 heterocycles. The smallest absolute Gasteiger partial charge is 0.0682 e. The molecule has 0 saturated heterocycles. The molecule has 0 aliphatic heterocycles. The Kier molecular flexibility index (Phi) is 3.85. The summed E-state index contributed by atoms with van der Waals surface area (Å²) in [6.07, 6.45) is 4.67.